The smallest absolute Gasteiger partial charge is 0.149 e. The SMILES string of the molecule is Fc1ccc(N2CCC3(CCNC3)C2)c(F)c1. The molecule has 2 heterocycles. The van der Waals surface area contributed by atoms with E-state index in [2.05, 4.69) is 5.32 Å². The van der Waals surface area contributed by atoms with Crippen LogP contribution in [-0.2, 0) is 0 Å². The topological polar surface area (TPSA) is 15.3 Å². The minimum Gasteiger partial charge on any atom is -0.369 e. The number of halogens is 2. The maximum atomic E-state index is 13.7. The van der Waals surface area contributed by atoms with E-state index >= 15 is 0 Å². The van der Waals surface area contributed by atoms with E-state index in [0.29, 0.717) is 11.1 Å². The molecule has 0 saturated carbocycles. The number of hydrogen-bond donors (Lipinski definition) is 1. The molecule has 92 valence electrons. The Balaban J connectivity index is 1.82. The van der Waals surface area contributed by atoms with Crippen molar-refractivity contribution in [3.63, 3.8) is 0 Å². The van der Waals surface area contributed by atoms with Gasteiger partial charge >= 0.3 is 0 Å². The maximum Gasteiger partial charge on any atom is 0.149 e. The van der Waals surface area contributed by atoms with Crippen LogP contribution in [0.4, 0.5) is 14.5 Å². The van der Waals surface area contributed by atoms with Gasteiger partial charge in [-0.3, -0.25) is 0 Å². The molecule has 2 nitrogen and oxygen atoms in total. The first-order valence-corrected chi connectivity index (χ1v) is 6.09. The maximum absolute atomic E-state index is 13.7. The molecule has 2 saturated heterocycles. The molecule has 2 aliphatic rings. The first-order chi connectivity index (χ1) is 8.19. The third kappa shape index (κ3) is 1.90. The van der Waals surface area contributed by atoms with Crippen molar-refractivity contribution < 1.29 is 8.78 Å². The zero-order valence-electron chi connectivity index (χ0n) is 9.68. The summed E-state index contributed by atoms with van der Waals surface area (Å²) in [5.74, 6) is -0.962. The molecule has 1 atom stereocenters. The van der Waals surface area contributed by atoms with Crippen molar-refractivity contribution in [1.29, 1.82) is 0 Å². The van der Waals surface area contributed by atoms with Crippen LogP contribution in [0.5, 0.6) is 0 Å². The van der Waals surface area contributed by atoms with Crippen LogP contribution in [0.25, 0.3) is 0 Å². The molecule has 0 bridgehead atoms. The normalized spacial score (nSPS) is 28.2. The van der Waals surface area contributed by atoms with Crippen molar-refractivity contribution in [2.24, 2.45) is 5.41 Å². The first kappa shape index (κ1) is 11.0. The second-order valence-corrected chi connectivity index (χ2v) is 5.19. The molecule has 0 aliphatic carbocycles. The van der Waals surface area contributed by atoms with Gasteiger partial charge in [0.1, 0.15) is 11.6 Å². The van der Waals surface area contributed by atoms with Gasteiger partial charge in [0.15, 0.2) is 0 Å². The van der Waals surface area contributed by atoms with E-state index in [0.717, 1.165) is 45.1 Å². The van der Waals surface area contributed by atoms with Crippen LogP contribution in [0.2, 0.25) is 0 Å². The molecule has 4 heteroatoms. The van der Waals surface area contributed by atoms with Crippen LogP contribution in [0.15, 0.2) is 18.2 Å². The third-order valence-corrected chi connectivity index (χ3v) is 4.02. The summed E-state index contributed by atoms with van der Waals surface area (Å²) in [4.78, 5) is 2.04. The van der Waals surface area contributed by atoms with Crippen molar-refractivity contribution in [3.8, 4) is 0 Å². The molecule has 1 N–H and O–H groups in total. The molecular weight excluding hydrogens is 222 g/mol. The summed E-state index contributed by atoms with van der Waals surface area (Å²) < 4.78 is 26.5. The molecule has 3 rings (SSSR count). The third-order valence-electron chi connectivity index (χ3n) is 4.02. The summed E-state index contributed by atoms with van der Waals surface area (Å²) in [6.07, 6.45) is 2.25. The van der Waals surface area contributed by atoms with Gasteiger partial charge in [0.2, 0.25) is 0 Å². The average Bonchev–Trinajstić information content (AvgIpc) is 2.90. The van der Waals surface area contributed by atoms with Gasteiger partial charge < -0.3 is 10.2 Å². The highest BCUT2D eigenvalue weighted by atomic mass is 19.1. The molecule has 1 aromatic rings. The Morgan fingerprint density at radius 3 is 2.82 bits per heavy atom. The molecule has 0 amide bonds. The van der Waals surface area contributed by atoms with Gasteiger partial charge in [0, 0.05) is 31.1 Å². The Morgan fingerprint density at radius 1 is 1.24 bits per heavy atom. The molecular formula is C13H16F2N2. The highest BCUT2D eigenvalue weighted by molar-refractivity contribution is 5.49. The number of anilines is 1. The fourth-order valence-electron chi connectivity index (χ4n) is 3.02. The van der Waals surface area contributed by atoms with Crippen molar-refractivity contribution >= 4 is 5.69 Å². The lowest BCUT2D eigenvalue weighted by molar-refractivity contribution is 0.369. The lowest BCUT2D eigenvalue weighted by Gasteiger charge is -2.24. The fourth-order valence-corrected chi connectivity index (χ4v) is 3.02. The Labute approximate surface area is 99.6 Å². The van der Waals surface area contributed by atoms with Crippen LogP contribution in [0.1, 0.15) is 12.8 Å². The van der Waals surface area contributed by atoms with Crippen LogP contribution >= 0.6 is 0 Å². The second kappa shape index (κ2) is 3.95. The van der Waals surface area contributed by atoms with Crippen molar-refractivity contribution in [2.45, 2.75) is 12.8 Å². The number of nitrogens with one attached hydrogen (secondary N) is 1. The van der Waals surface area contributed by atoms with E-state index in [1.54, 1.807) is 6.07 Å². The van der Waals surface area contributed by atoms with E-state index in [1.165, 1.54) is 6.07 Å². The monoisotopic (exact) mass is 238 g/mol. The van der Waals surface area contributed by atoms with Crippen molar-refractivity contribution in [1.82, 2.24) is 5.32 Å². The summed E-state index contributed by atoms with van der Waals surface area (Å²) in [6.45, 7) is 3.82. The van der Waals surface area contributed by atoms with E-state index in [-0.39, 0.29) is 0 Å². The number of nitrogens with zero attached hydrogens (tertiary/aromatic N) is 1. The molecule has 1 unspecified atom stereocenters. The molecule has 1 aromatic carbocycles. The Morgan fingerprint density at radius 2 is 2.12 bits per heavy atom. The standard InChI is InChI=1S/C13H16F2N2/c14-10-1-2-12(11(15)7-10)17-6-4-13(9-17)3-5-16-8-13/h1-2,7,16H,3-6,8-9H2. The second-order valence-electron chi connectivity index (χ2n) is 5.19. The molecule has 0 radical (unpaired) electrons. The Bertz CT molecular complexity index is 427. The van der Waals surface area contributed by atoms with E-state index in [9.17, 15) is 8.78 Å². The van der Waals surface area contributed by atoms with E-state index in [1.807, 2.05) is 4.90 Å². The van der Waals surface area contributed by atoms with Crippen molar-refractivity contribution in [3.05, 3.63) is 29.8 Å². The quantitative estimate of drug-likeness (QED) is 0.806. The molecule has 2 aliphatic heterocycles. The largest absolute Gasteiger partial charge is 0.369 e. The number of hydrogen-bond acceptors (Lipinski definition) is 2. The molecule has 2 fully saturated rings. The highest BCUT2D eigenvalue weighted by Gasteiger charge is 2.40. The predicted octanol–water partition coefficient (Wildman–Crippen LogP) is 2.15. The summed E-state index contributed by atoms with van der Waals surface area (Å²) in [5, 5.41) is 3.37. The summed E-state index contributed by atoms with van der Waals surface area (Å²) >= 11 is 0. The minimum atomic E-state index is -0.511. The van der Waals surface area contributed by atoms with Gasteiger partial charge in [-0.25, -0.2) is 8.78 Å². The zero-order valence-corrected chi connectivity index (χ0v) is 9.68. The lowest BCUT2D eigenvalue weighted by atomic mass is 9.86. The number of benzene rings is 1. The van der Waals surface area contributed by atoms with Crippen LogP contribution < -0.4 is 10.2 Å². The summed E-state index contributed by atoms with van der Waals surface area (Å²) in [6, 6.07) is 3.84. The molecule has 17 heavy (non-hydrogen) atoms. The Hall–Kier alpha value is -1.16. The minimum absolute atomic E-state index is 0.306. The summed E-state index contributed by atoms with van der Waals surface area (Å²) in [7, 11) is 0. The van der Waals surface area contributed by atoms with Gasteiger partial charge in [-0.2, -0.15) is 0 Å². The van der Waals surface area contributed by atoms with E-state index in [4.69, 9.17) is 0 Å². The van der Waals surface area contributed by atoms with Gasteiger partial charge in [0.05, 0.1) is 5.69 Å². The summed E-state index contributed by atoms with van der Waals surface area (Å²) in [5.41, 5.74) is 0.844. The predicted molar refractivity (Wildman–Crippen MR) is 63.1 cm³/mol. The average molecular weight is 238 g/mol. The van der Waals surface area contributed by atoms with Gasteiger partial charge in [-0.15, -0.1) is 0 Å². The zero-order chi connectivity index (χ0) is 11.9. The fraction of sp³-hybridized carbons (Fsp3) is 0.538. The first-order valence-electron chi connectivity index (χ1n) is 6.09. The van der Waals surface area contributed by atoms with Crippen molar-refractivity contribution in [2.75, 3.05) is 31.1 Å². The number of rotatable bonds is 1. The van der Waals surface area contributed by atoms with Crippen LogP contribution in [-0.4, -0.2) is 26.2 Å². The Kier molecular flexibility index (Phi) is 2.54. The lowest BCUT2D eigenvalue weighted by Crippen LogP contribution is -2.29. The molecule has 0 aromatic heterocycles. The van der Waals surface area contributed by atoms with Gasteiger partial charge in [-0.05, 0) is 31.5 Å². The highest BCUT2D eigenvalue weighted by Crippen LogP contribution is 2.38. The van der Waals surface area contributed by atoms with Gasteiger partial charge in [0.25, 0.3) is 0 Å². The molecule has 1 spiro atoms. The van der Waals surface area contributed by atoms with Crippen LogP contribution in [0, 0.1) is 17.0 Å². The van der Waals surface area contributed by atoms with Crippen LogP contribution in [0.3, 0.4) is 0 Å². The van der Waals surface area contributed by atoms with E-state index < -0.39 is 11.6 Å². The van der Waals surface area contributed by atoms with Gasteiger partial charge in [-0.1, -0.05) is 0 Å².